The van der Waals surface area contributed by atoms with Crippen LogP contribution in [-0.2, 0) is 20.3 Å². The van der Waals surface area contributed by atoms with Gasteiger partial charge < -0.3 is 4.74 Å². The van der Waals surface area contributed by atoms with E-state index in [2.05, 4.69) is 50.1 Å². The average molecular weight is 398 g/mol. The molecule has 0 saturated carbocycles. The van der Waals surface area contributed by atoms with Crippen LogP contribution in [0.2, 0.25) is 0 Å². The minimum atomic E-state index is -0.806. The van der Waals surface area contributed by atoms with E-state index < -0.39 is 4.32 Å². The van der Waals surface area contributed by atoms with Crippen LogP contribution in [0, 0.1) is 0 Å². The molecule has 0 heterocycles. The summed E-state index contributed by atoms with van der Waals surface area (Å²) in [7, 11) is 1.43. The van der Waals surface area contributed by atoms with Gasteiger partial charge in [-0.1, -0.05) is 68.3 Å². The highest BCUT2D eigenvalue weighted by Gasteiger charge is 2.48. The predicted octanol–water partition coefficient (Wildman–Crippen LogP) is 4.31. The van der Waals surface area contributed by atoms with E-state index in [1.165, 1.54) is 23.4 Å². The van der Waals surface area contributed by atoms with Crippen LogP contribution in [0.25, 0.3) is 10.8 Å². The number of rotatable bonds is 1. The highest BCUT2D eigenvalue weighted by Crippen LogP contribution is 2.48. The van der Waals surface area contributed by atoms with E-state index in [0.29, 0.717) is 0 Å². The number of carbonyl (C=O) groups excluding carboxylic acids is 1. The highest BCUT2D eigenvalue weighted by atomic mass is 79.9. The Hall–Kier alpha value is -0.870. The highest BCUT2D eigenvalue weighted by molar-refractivity contribution is 9.12. The first kappa shape index (κ1) is 14.1. The molecule has 0 aromatic heterocycles. The molecule has 2 aromatic carbocycles. The molecule has 0 bridgehead atoms. The molecule has 2 nitrogen and oxygen atoms in total. The average Bonchev–Trinajstić information content (AvgIpc) is 2.49. The van der Waals surface area contributed by atoms with Gasteiger partial charge in [-0.25, -0.2) is 0 Å². The Morgan fingerprint density at radius 2 is 2.05 bits per heavy atom. The minimum Gasteiger partial charge on any atom is -0.468 e. The number of esters is 1. The van der Waals surface area contributed by atoms with Gasteiger partial charge in [-0.2, -0.15) is 0 Å². The van der Waals surface area contributed by atoms with Crippen molar-refractivity contribution in [3.8, 4) is 0 Å². The molecule has 0 saturated heterocycles. The van der Waals surface area contributed by atoms with E-state index in [0.717, 1.165) is 18.4 Å². The van der Waals surface area contributed by atoms with Gasteiger partial charge >= 0.3 is 5.97 Å². The Labute approximate surface area is 134 Å². The van der Waals surface area contributed by atoms with Gasteiger partial charge in [-0.05, 0) is 34.7 Å². The Kier molecular flexibility index (Phi) is 3.63. The number of benzene rings is 2. The molecular weight excluding hydrogens is 384 g/mol. The number of ether oxygens (including phenoxy) is 1. The molecule has 3 rings (SSSR count). The quantitative estimate of drug-likeness (QED) is 0.529. The third-order valence-electron chi connectivity index (χ3n) is 3.99. The maximum atomic E-state index is 12.3. The summed E-state index contributed by atoms with van der Waals surface area (Å²) in [5.41, 5.74) is 2.25. The van der Waals surface area contributed by atoms with E-state index in [4.69, 9.17) is 4.74 Å². The van der Waals surface area contributed by atoms with Crippen molar-refractivity contribution in [2.45, 2.75) is 22.0 Å². The zero-order valence-electron chi connectivity index (χ0n) is 11.0. The van der Waals surface area contributed by atoms with E-state index >= 15 is 0 Å². The first-order chi connectivity index (χ1) is 9.59. The third kappa shape index (κ3) is 1.92. The second-order valence-electron chi connectivity index (χ2n) is 5.02. The fourth-order valence-electron chi connectivity index (χ4n) is 2.97. The SMILES string of the molecule is COC(=O)C1(Br)c2ccc3ccccc3c2CCC1Br. The molecule has 0 N–H and O–H groups in total. The topological polar surface area (TPSA) is 26.3 Å². The summed E-state index contributed by atoms with van der Waals surface area (Å²) in [6.07, 6.45) is 1.85. The Morgan fingerprint density at radius 3 is 2.80 bits per heavy atom. The number of methoxy groups -OCH3 is 1. The van der Waals surface area contributed by atoms with Gasteiger partial charge in [0, 0.05) is 4.83 Å². The molecule has 0 spiro atoms. The van der Waals surface area contributed by atoms with Crippen LogP contribution in [-0.4, -0.2) is 17.9 Å². The van der Waals surface area contributed by atoms with Gasteiger partial charge in [0.25, 0.3) is 0 Å². The van der Waals surface area contributed by atoms with Crippen LogP contribution in [0.5, 0.6) is 0 Å². The number of halogens is 2. The zero-order valence-corrected chi connectivity index (χ0v) is 14.2. The number of hydrogen-bond acceptors (Lipinski definition) is 2. The number of fused-ring (bicyclic) bond motifs is 3. The largest absolute Gasteiger partial charge is 0.468 e. The molecule has 0 fully saturated rings. The van der Waals surface area contributed by atoms with Gasteiger partial charge in [-0.15, -0.1) is 0 Å². The lowest BCUT2D eigenvalue weighted by Crippen LogP contribution is -2.42. The molecule has 0 amide bonds. The molecule has 2 atom stereocenters. The van der Waals surface area contributed by atoms with Crippen molar-refractivity contribution in [1.82, 2.24) is 0 Å². The number of aryl methyl sites for hydroxylation is 1. The number of alkyl halides is 2. The van der Waals surface area contributed by atoms with Crippen LogP contribution >= 0.6 is 31.9 Å². The first-order valence-electron chi connectivity index (χ1n) is 6.51. The molecule has 2 unspecified atom stereocenters. The second kappa shape index (κ2) is 5.15. The number of hydrogen-bond donors (Lipinski definition) is 0. The van der Waals surface area contributed by atoms with E-state index in [9.17, 15) is 4.79 Å². The molecule has 104 valence electrons. The standard InChI is InChI=1S/C16H14Br2O2/c1-20-15(19)16(18)13-8-6-10-4-2-3-5-11(10)12(13)7-9-14(16)17/h2-6,8,14H,7,9H2,1H3. The maximum absolute atomic E-state index is 12.3. The van der Waals surface area contributed by atoms with Crippen LogP contribution in [0.4, 0.5) is 0 Å². The van der Waals surface area contributed by atoms with Crippen LogP contribution in [0.3, 0.4) is 0 Å². The van der Waals surface area contributed by atoms with Gasteiger partial charge in [0.1, 0.15) is 0 Å². The van der Waals surface area contributed by atoms with Crippen molar-refractivity contribution in [3.63, 3.8) is 0 Å². The molecular formula is C16H14Br2O2. The first-order valence-corrected chi connectivity index (χ1v) is 8.22. The summed E-state index contributed by atoms with van der Waals surface area (Å²) in [5, 5.41) is 2.43. The summed E-state index contributed by atoms with van der Waals surface area (Å²) < 4.78 is 4.21. The van der Waals surface area contributed by atoms with E-state index in [-0.39, 0.29) is 10.8 Å². The second-order valence-corrected chi connectivity index (χ2v) is 7.38. The molecule has 2 aromatic rings. The van der Waals surface area contributed by atoms with Gasteiger partial charge in [-0.3, -0.25) is 4.79 Å². The summed E-state index contributed by atoms with van der Waals surface area (Å²) >= 11 is 7.29. The molecule has 0 radical (unpaired) electrons. The van der Waals surface area contributed by atoms with E-state index in [1.54, 1.807) is 0 Å². The lowest BCUT2D eigenvalue weighted by atomic mass is 9.80. The number of carbonyl (C=O) groups is 1. The van der Waals surface area contributed by atoms with E-state index in [1.807, 2.05) is 18.2 Å². The lowest BCUT2D eigenvalue weighted by Gasteiger charge is -2.36. The Bertz CT molecular complexity index is 683. The molecule has 4 heteroatoms. The zero-order chi connectivity index (χ0) is 14.3. The smallest absolute Gasteiger partial charge is 0.328 e. The molecule has 1 aliphatic carbocycles. The summed E-state index contributed by atoms with van der Waals surface area (Å²) in [5.74, 6) is -0.254. The van der Waals surface area contributed by atoms with Gasteiger partial charge in [0.05, 0.1) is 7.11 Å². The maximum Gasteiger partial charge on any atom is 0.328 e. The lowest BCUT2D eigenvalue weighted by molar-refractivity contribution is -0.143. The van der Waals surface area contributed by atoms with Crippen molar-refractivity contribution in [1.29, 1.82) is 0 Å². The van der Waals surface area contributed by atoms with Crippen molar-refractivity contribution >= 4 is 48.6 Å². The third-order valence-corrected chi connectivity index (χ3v) is 7.06. The monoisotopic (exact) mass is 396 g/mol. The normalized spacial score (nSPS) is 25.2. The summed E-state index contributed by atoms with van der Waals surface area (Å²) in [6.45, 7) is 0. The molecule has 1 aliphatic rings. The fourth-order valence-corrected chi connectivity index (χ4v) is 4.40. The van der Waals surface area contributed by atoms with Crippen LogP contribution in [0.15, 0.2) is 36.4 Å². The van der Waals surface area contributed by atoms with Crippen molar-refractivity contribution in [2.75, 3.05) is 7.11 Å². The summed E-state index contributed by atoms with van der Waals surface area (Å²) in [4.78, 5) is 12.3. The van der Waals surface area contributed by atoms with Gasteiger partial charge in [0.15, 0.2) is 4.32 Å². The van der Waals surface area contributed by atoms with Crippen LogP contribution < -0.4 is 0 Å². The van der Waals surface area contributed by atoms with Crippen molar-refractivity contribution in [3.05, 3.63) is 47.5 Å². The Balaban J connectivity index is 2.29. The Morgan fingerprint density at radius 1 is 1.30 bits per heavy atom. The minimum absolute atomic E-state index is 0.0242. The van der Waals surface area contributed by atoms with Gasteiger partial charge in [0.2, 0.25) is 0 Å². The predicted molar refractivity (Wildman–Crippen MR) is 87.6 cm³/mol. The van der Waals surface area contributed by atoms with Crippen LogP contribution in [0.1, 0.15) is 17.5 Å². The summed E-state index contributed by atoms with van der Waals surface area (Å²) in [6, 6.07) is 12.4. The van der Waals surface area contributed by atoms with Crippen molar-refractivity contribution in [2.24, 2.45) is 0 Å². The molecule has 20 heavy (non-hydrogen) atoms. The fraction of sp³-hybridized carbons (Fsp3) is 0.312. The van der Waals surface area contributed by atoms with Crippen molar-refractivity contribution < 1.29 is 9.53 Å². The molecule has 0 aliphatic heterocycles.